The molecule has 1 amide bonds. The van der Waals surface area contributed by atoms with E-state index in [2.05, 4.69) is 22.5 Å². The number of nitrogens with one attached hydrogen (secondary N) is 1. The number of carbonyl (C=O) groups is 1. The molecule has 2 aromatic carbocycles. The molecule has 0 atom stereocenters. The van der Waals surface area contributed by atoms with Gasteiger partial charge in [0, 0.05) is 17.3 Å². The van der Waals surface area contributed by atoms with Crippen molar-refractivity contribution in [3.63, 3.8) is 0 Å². The third-order valence-corrected chi connectivity index (χ3v) is 3.63. The maximum Gasteiger partial charge on any atom is 0.271 e. The fourth-order valence-electron chi connectivity index (χ4n) is 2.25. The Morgan fingerprint density at radius 2 is 1.92 bits per heavy atom. The molecule has 0 fully saturated rings. The van der Waals surface area contributed by atoms with Crippen molar-refractivity contribution in [1.82, 2.24) is 15.2 Å². The minimum Gasteiger partial charge on any atom is -0.267 e. The molecule has 1 N–H and O–H groups in total. The number of carbonyl (C=O) groups excluding carboxylic acids is 1. The molecular weight excluding hydrogens is 300 g/mol. The van der Waals surface area contributed by atoms with Gasteiger partial charge in [0.25, 0.3) is 5.91 Å². The first kappa shape index (κ1) is 15.7. The van der Waals surface area contributed by atoms with Gasteiger partial charge in [0.05, 0.1) is 18.1 Å². The number of hydrazone groups is 1. The van der Waals surface area contributed by atoms with Crippen LogP contribution in [0.5, 0.6) is 0 Å². The highest BCUT2D eigenvalue weighted by Gasteiger charge is 2.03. The molecule has 24 heavy (non-hydrogen) atoms. The number of para-hydroxylation sites is 1. The van der Waals surface area contributed by atoms with Crippen LogP contribution in [0.15, 0.2) is 72.1 Å². The van der Waals surface area contributed by atoms with Gasteiger partial charge in [-0.05, 0) is 36.2 Å². The third kappa shape index (κ3) is 3.76. The highest BCUT2D eigenvalue weighted by Crippen LogP contribution is 2.07. The van der Waals surface area contributed by atoms with Crippen LogP contribution in [0.2, 0.25) is 0 Å². The van der Waals surface area contributed by atoms with Gasteiger partial charge in [-0.2, -0.15) is 10.2 Å². The van der Waals surface area contributed by atoms with Crippen LogP contribution < -0.4 is 5.43 Å². The highest BCUT2D eigenvalue weighted by molar-refractivity contribution is 5.94. The summed E-state index contributed by atoms with van der Waals surface area (Å²) in [6.07, 6.45) is 6.07. The zero-order chi connectivity index (χ0) is 16.8. The van der Waals surface area contributed by atoms with Crippen LogP contribution in [0.25, 0.3) is 5.69 Å². The molecule has 0 aliphatic carbocycles. The summed E-state index contributed by atoms with van der Waals surface area (Å²) in [6, 6.07) is 17.3. The molecule has 0 saturated heterocycles. The molecule has 0 radical (unpaired) electrons. The van der Waals surface area contributed by atoms with Crippen LogP contribution in [0.1, 0.15) is 28.4 Å². The summed E-state index contributed by atoms with van der Waals surface area (Å²) in [4.78, 5) is 12.0. The molecule has 1 aromatic heterocycles. The number of rotatable bonds is 5. The van der Waals surface area contributed by atoms with Crippen molar-refractivity contribution in [2.45, 2.75) is 13.3 Å². The van der Waals surface area contributed by atoms with E-state index in [1.807, 2.05) is 48.7 Å². The van der Waals surface area contributed by atoms with Gasteiger partial charge in [-0.3, -0.25) is 4.79 Å². The van der Waals surface area contributed by atoms with E-state index in [0.717, 1.165) is 17.7 Å². The second kappa shape index (κ2) is 7.37. The van der Waals surface area contributed by atoms with Crippen LogP contribution in [0.3, 0.4) is 0 Å². The maximum absolute atomic E-state index is 12.0. The van der Waals surface area contributed by atoms with Crippen molar-refractivity contribution in [1.29, 1.82) is 0 Å². The monoisotopic (exact) mass is 318 g/mol. The number of hydrogen-bond acceptors (Lipinski definition) is 3. The largest absolute Gasteiger partial charge is 0.271 e. The Labute approximate surface area is 140 Å². The van der Waals surface area contributed by atoms with Crippen molar-refractivity contribution in [2.75, 3.05) is 0 Å². The van der Waals surface area contributed by atoms with Gasteiger partial charge >= 0.3 is 0 Å². The van der Waals surface area contributed by atoms with Gasteiger partial charge < -0.3 is 0 Å². The van der Waals surface area contributed by atoms with E-state index in [9.17, 15) is 4.79 Å². The van der Waals surface area contributed by atoms with Crippen LogP contribution >= 0.6 is 0 Å². The second-order valence-electron chi connectivity index (χ2n) is 5.30. The molecule has 1 heterocycles. The molecule has 0 unspecified atom stereocenters. The van der Waals surface area contributed by atoms with E-state index in [-0.39, 0.29) is 5.91 Å². The summed E-state index contributed by atoms with van der Waals surface area (Å²) in [5.74, 6) is -0.232. The normalized spacial score (nSPS) is 10.9. The average Bonchev–Trinajstić information content (AvgIpc) is 3.11. The molecule has 0 aliphatic rings. The number of aryl methyl sites for hydroxylation is 1. The number of hydrogen-bond donors (Lipinski definition) is 1. The molecule has 3 aromatic rings. The first-order chi connectivity index (χ1) is 11.8. The number of benzene rings is 2. The third-order valence-electron chi connectivity index (χ3n) is 3.63. The Morgan fingerprint density at radius 1 is 1.17 bits per heavy atom. The van der Waals surface area contributed by atoms with E-state index in [0.29, 0.717) is 5.56 Å². The smallest absolute Gasteiger partial charge is 0.267 e. The lowest BCUT2D eigenvalue weighted by atomic mass is 10.1. The molecule has 5 heteroatoms. The number of nitrogens with zero attached hydrogens (tertiary/aromatic N) is 3. The van der Waals surface area contributed by atoms with Gasteiger partial charge in [0.2, 0.25) is 0 Å². The second-order valence-corrected chi connectivity index (χ2v) is 5.30. The van der Waals surface area contributed by atoms with E-state index in [1.54, 1.807) is 29.2 Å². The minimum absolute atomic E-state index is 0.232. The lowest BCUT2D eigenvalue weighted by Gasteiger charge is -2.01. The fraction of sp³-hybridized carbons (Fsp3) is 0.105. The van der Waals surface area contributed by atoms with E-state index in [4.69, 9.17) is 0 Å². The SMILES string of the molecule is CCc1ccc(C(=O)N/N=C\c2cnn(-c3ccccc3)c2)cc1. The van der Waals surface area contributed by atoms with Crippen LogP contribution in [-0.4, -0.2) is 21.9 Å². The first-order valence-electron chi connectivity index (χ1n) is 7.78. The first-order valence-corrected chi connectivity index (χ1v) is 7.78. The molecule has 0 saturated carbocycles. The van der Waals surface area contributed by atoms with E-state index >= 15 is 0 Å². The van der Waals surface area contributed by atoms with Gasteiger partial charge in [0.1, 0.15) is 0 Å². The summed E-state index contributed by atoms with van der Waals surface area (Å²) in [5, 5.41) is 8.26. The van der Waals surface area contributed by atoms with E-state index < -0.39 is 0 Å². The minimum atomic E-state index is -0.232. The Bertz CT molecular complexity index is 835. The Hall–Kier alpha value is -3.21. The predicted molar refractivity (Wildman–Crippen MR) is 94.4 cm³/mol. The molecule has 5 nitrogen and oxygen atoms in total. The molecule has 0 aliphatic heterocycles. The summed E-state index contributed by atoms with van der Waals surface area (Å²) in [7, 11) is 0. The molecule has 120 valence electrons. The van der Waals surface area contributed by atoms with E-state index in [1.165, 1.54) is 5.56 Å². The molecular formula is C19H18N4O. The van der Waals surface area contributed by atoms with Crippen molar-refractivity contribution in [3.8, 4) is 5.69 Å². The zero-order valence-corrected chi connectivity index (χ0v) is 13.4. The zero-order valence-electron chi connectivity index (χ0n) is 13.4. The maximum atomic E-state index is 12.0. The van der Waals surface area contributed by atoms with Crippen LogP contribution in [0.4, 0.5) is 0 Å². The van der Waals surface area contributed by atoms with Crippen molar-refractivity contribution >= 4 is 12.1 Å². The lowest BCUT2D eigenvalue weighted by molar-refractivity contribution is 0.0955. The number of amides is 1. The fourth-order valence-corrected chi connectivity index (χ4v) is 2.25. The standard InChI is InChI=1S/C19H18N4O/c1-2-15-8-10-17(11-9-15)19(24)22-20-12-16-13-21-23(14-16)18-6-4-3-5-7-18/h3-14H,2H2,1H3,(H,22,24)/b20-12-. The van der Waals surface area contributed by atoms with Crippen molar-refractivity contribution < 1.29 is 4.79 Å². The molecule has 0 spiro atoms. The van der Waals surface area contributed by atoms with Gasteiger partial charge in [0.15, 0.2) is 0 Å². The average molecular weight is 318 g/mol. The van der Waals surface area contributed by atoms with Crippen LogP contribution in [-0.2, 0) is 6.42 Å². The molecule has 0 bridgehead atoms. The van der Waals surface area contributed by atoms with Gasteiger partial charge in [-0.25, -0.2) is 10.1 Å². The summed E-state index contributed by atoms with van der Waals surface area (Å²) in [5.41, 5.74) is 6.09. The molecule has 3 rings (SSSR count). The Morgan fingerprint density at radius 3 is 2.62 bits per heavy atom. The Kier molecular flexibility index (Phi) is 4.81. The van der Waals surface area contributed by atoms with Crippen LogP contribution in [0, 0.1) is 0 Å². The van der Waals surface area contributed by atoms with Crippen molar-refractivity contribution in [3.05, 3.63) is 83.7 Å². The van der Waals surface area contributed by atoms with Crippen molar-refractivity contribution in [2.24, 2.45) is 5.10 Å². The predicted octanol–water partition coefficient (Wildman–Crippen LogP) is 3.20. The topological polar surface area (TPSA) is 59.3 Å². The quantitative estimate of drug-likeness (QED) is 0.580. The summed E-state index contributed by atoms with van der Waals surface area (Å²) in [6.45, 7) is 2.08. The van der Waals surface area contributed by atoms with Gasteiger partial charge in [-0.1, -0.05) is 37.3 Å². The lowest BCUT2D eigenvalue weighted by Crippen LogP contribution is -2.17. The highest BCUT2D eigenvalue weighted by atomic mass is 16.2. The summed E-state index contributed by atoms with van der Waals surface area (Å²) < 4.78 is 1.76. The Balaban J connectivity index is 1.62. The van der Waals surface area contributed by atoms with Gasteiger partial charge in [-0.15, -0.1) is 0 Å². The number of aromatic nitrogens is 2. The summed E-state index contributed by atoms with van der Waals surface area (Å²) >= 11 is 0.